The fourth-order valence-corrected chi connectivity index (χ4v) is 1.98. The molecule has 0 aromatic heterocycles. The van der Waals surface area contributed by atoms with E-state index in [1.54, 1.807) is 20.8 Å². The number of hydrogen-bond donors (Lipinski definition) is 1. The molecular formula is C15H16F6N4O. The summed E-state index contributed by atoms with van der Waals surface area (Å²) in [5.41, 5.74) is 3.77. The summed E-state index contributed by atoms with van der Waals surface area (Å²) in [6, 6.07) is -0.164. The molecule has 1 aromatic rings. The van der Waals surface area contributed by atoms with Gasteiger partial charge in [-0.3, -0.25) is 4.79 Å². The van der Waals surface area contributed by atoms with Crippen LogP contribution >= 0.6 is 0 Å². The zero-order valence-corrected chi connectivity index (χ0v) is 14.0. The predicted octanol–water partition coefficient (Wildman–Crippen LogP) is 5.18. The lowest BCUT2D eigenvalue weighted by molar-refractivity contribution is -0.143. The Morgan fingerprint density at radius 3 is 1.88 bits per heavy atom. The minimum atomic E-state index is -5.05. The second kappa shape index (κ2) is 7.45. The number of carbonyl (C=O) groups is 1. The maximum Gasteiger partial charge on any atom is 0.416 e. The van der Waals surface area contributed by atoms with Crippen LogP contribution in [0.2, 0.25) is 0 Å². The molecule has 11 heteroatoms. The van der Waals surface area contributed by atoms with Gasteiger partial charge in [0.25, 0.3) is 5.91 Å². The summed E-state index contributed by atoms with van der Waals surface area (Å²) in [4.78, 5) is 14.8. The summed E-state index contributed by atoms with van der Waals surface area (Å²) >= 11 is 0. The number of benzene rings is 1. The number of hydrogen-bond acceptors (Lipinski definition) is 2. The van der Waals surface area contributed by atoms with Crippen LogP contribution < -0.4 is 5.32 Å². The lowest BCUT2D eigenvalue weighted by Crippen LogP contribution is -2.45. The third-order valence-electron chi connectivity index (χ3n) is 3.53. The first-order chi connectivity index (χ1) is 11.7. The largest absolute Gasteiger partial charge is 0.416 e. The van der Waals surface area contributed by atoms with Crippen LogP contribution in [0.5, 0.6) is 0 Å². The molecule has 0 aliphatic carbocycles. The highest BCUT2D eigenvalue weighted by atomic mass is 19.4. The molecule has 0 spiro atoms. The molecule has 0 aliphatic heterocycles. The highest BCUT2D eigenvalue weighted by Crippen LogP contribution is 2.36. The van der Waals surface area contributed by atoms with Crippen LogP contribution in [0.3, 0.4) is 0 Å². The number of nitrogens with zero attached hydrogens (tertiary/aromatic N) is 3. The molecule has 1 amide bonds. The monoisotopic (exact) mass is 382 g/mol. The molecule has 0 radical (unpaired) electrons. The van der Waals surface area contributed by atoms with E-state index in [1.165, 1.54) is 0 Å². The predicted molar refractivity (Wildman–Crippen MR) is 81.2 cm³/mol. The Hall–Kier alpha value is -2.42. The van der Waals surface area contributed by atoms with Crippen molar-refractivity contribution in [2.45, 2.75) is 39.2 Å². The minimum Gasteiger partial charge on any atom is -0.349 e. The Kier molecular flexibility index (Phi) is 6.19. The van der Waals surface area contributed by atoms with Crippen molar-refractivity contribution in [1.29, 1.82) is 0 Å². The first-order valence-electron chi connectivity index (χ1n) is 7.27. The van der Waals surface area contributed by atoms with Gasteiger partial charge >= 0.3 is 12.4 Å². The lowest BCUT2D eigenvalue weighted by atomic mass is 9.86. The number of alkyl halides is 6. The Bertz CT molecular complexity index is 682. The number of halogens is 6. The first kappa shape index (κ1) is 21.6. The van der Waals surface area contributed by atoms with E-state index in [-0.39, 0.29) is 12.6 Å². The molecule has 144 valence electrons. The SMILES string of the molecule is CC(C)(C)[C@@H](CN=[N+]=[N-])NC(=O)c1cc(C(F)(F)F)cc(C(F)(F)F)c1. The molecule has 0 fully saturated rings. The van der Waals surface area contributed by atoms with E-state index in [9.17, 15) is 31.1 Å². The number of amides is 1. The van der Waals surface area contributed by atoms with E-state index in [1.807, 2.05) is 0 Å². The topological polar surface area (TPSA) is 77.9 Å². The van der Waals surface area contributed by atoms with Crippen molar-refractivity contribution in [1.82, 2.24) is 5.32 Å². The van der Waals surface area contributed by atoms with E-state index in [2.05, 4.69) is 15.3 Å². The van der Waals surface area contributed by atoms with Crippen molar-refractivity contribution in [2.75, 3.05) is 6.54 Å². The fraction of sp³-hybridized carbons (Fsp3) is 0.533. The molecular weight excluding hydrogens is 366 g/mol. The van der Waals surface area contributed by atoms with E-state index >= 15 is 0 Å². The van der Waals surface area contributed by atoms with Crippen LogP contribution in [0.1, 0.15) is 42.3 Å². The van der Waals surface area contributed by atoms with Gasteiger partial charge in [-0.15, -0.1) is 0 Å². The molecule has 0 heterocycles. The summed E-state index contributed by atoms with van der Waals surface area (Å²) in [7, 11) is 0. The van der Waals surface area contributed by atoms with Crippen LogP contribution in [-0.4, -0.2) is 18.5 Å². The summed E-state index contributed by atoms with van der Waals surface area (Å²) in [5.74, 6) is -1.13. The molecule has 0 unspecified atom stereocenters. The third kappa shape index (κ3) is 5.83. The molecule has 1 aromatic carbocycles. The molecule has 0 saturated carbocycles. The third-order valence-corrected chi connectivity index (χ3v) is 3.53. The van der Waals surface area contributed by atoms with Gasteiger partial charge in [0.05, 0.1) is 11.1 Å². The van der Waals surface area contributed by atoms with Crippen molar-refractivity contribution in [3.05, 3.63) is 45.3 Å². The standard InChI is InChI=1S/C15H16F6N4O/c1-13(2,3)11(7-23-25-22)24-12(26)8-4-9(14(16,17)18)6-10(5-8)15(19,20)21/h4-6,11H,7H2,1-3H3,(H,24,26)/t11-/m1/s1. The number of rotatable bonds is 4. The number of carbonyl (C=O) groups excluding carboxylic acids is 1. The zero-order chi connectivity index (χ0) is 20.3. The average Bonchev–Trinajstić information content (AvgIpc) is 2.47. The Balaban J connectivity index is 3.31. The summed E-state index contributed by atoms with van der Waals surface area (Å²) in [6.45, 7) is 4.78. The Morgan fingerprint density at radius 2 is 1.54 bits per heavy atom. The highest BCUT2D eigenvalue weighted by Gasteiger charge is 2.38. The van der Waals surface area contributed by atoms with Crippen LogP contribution in [-0.2, 0) is 12.4 Å². The fourth-order valence-electron chi connectivity index (χ4n) is 1.98. The molecule has 0 bridgehead atoms. The summed E-state index contributed by atoms with van der Waals surface area (Å²) < 4.78 is 77.2. The van der Waals surface area contributed by atoms with E-state index in [0.717, 1.165) is 0 Å². The smallest absolute Gasteiger partial charge is 0.349 e. The van der Waals surface area contributed by atoms with Gasteiger partial charge < -0.3 is 5.32 Å². The second-order valence-electron chi connectivity index (χ2n) is 6.60. The normalized spacial score (nSPS) is 13.7. The van der Waals surface area contributed by atoms with Crippen LogP contribution in [0.15, 0.2) is 23.3 Å². The highest BCUT2D eigenvalue weighted by molar-refractivity contribution is 5.95. The van der Waals surface area contributed by atoms with Crippen LogP contribution in [0, 0.1) is 5.41 Å². The van der Waals surface area contributed by atoms with Crippen molar-refractivity contribution < 1.29 is 31.1 Å². The maximum absolute atomic E-state index is 12.9. The number of azide groups is 1. The van der Waals surface area contributed by atoms with Gasteiger partial charge in [-0.05, 0) is 29.1 Å². The Labute approximate surface area is 145 Å². The molecule has 1 atom stereocenters. The first-order valence-corrected chi connectivity index (χ1v) is 7.27. The van der Waals surface area contributed by atoms with Crippen LogP contribution in [0.4, 0.5) is 26.3 Å². The van der Waals surface area contributed by atoms with Crippen molar-refractivity contribution in [3.8, 4) is 0 Å². The molecule has 1 N–H and O–H groups in total. The summed E-state index contributed by atoms with van der Waals surface area (Å²) in [5, 5.41) is 5.63. The van der Waals surface area contributed by atoms with Gasteiger partial charge in [0.2, 0.25) is 0 Å². The van der Waals surface area contributed by atoms with Gasteiger partial charge in [0.1, 0.15) is 0 Å². The zero-order valence-electron chi connectivity index (χ0n) is 14.0. The quantitative estimate of drug-likeness (QED) is 0.331. The van der Waals surface area contributed by atoms with Crippen molar-refractivity contribution >= 4 is 5.91 Å². The van der Waals surface area contributed by atoms with Gasteiger partial charge in [-0.2, -0.15) is 26.3 Å². The Morgan fingerprint density at radius 1 is 1.08 bits per heavy atom. The van der Waals surface area contributed by atoms with E-state index < -0.39 is 46.4 Å². The van der Waals surface area contributed by atoms with Crippen LogP contribution in [0.25, 0.3) is 10.4 Å². The second-order valence-corrected chi connectivity index (χ2v) is 6.60. The molecule has 5 nitrogen and oxygen atoms in total. The average molecular weight is 382 g/mol. The maximum atomic E-state index is 12.9. The minimum absolute atomic E-state index is 0.0575. The van der Waals surface area contributed by atoms with Crippen molar-refractivity contribution in [3.63, 3.8) is 0 Å². The van der Waals surface area contributed by atoms with Gasteiger partial charge in [-0.25, -0.2) is 0 Å². The molecule has 26 heavy (non-hydrogen) atoms. The molecule has 1 rings (SSSR count). The van der Waals surface area contributed by atoms with E-state index in [4.69, 9.17) is 5.53 Å². The van der Waals surface area contributed by atoms with Gasteiger partial charge in [0.15, 0.2) is 0 Å². The van der Waals surface area contributed by atoms with E-state index in [0.29, 0.717) is 12.1 Å². The summed E-state index contributed by atoms with van der Waals surface area (Å²) in [6.07, 6.45) is -10.1. The number of nitrogens with one attached hydrogen (secondary N) is 1. The molecule has 0 saturated heterocycles. The van der Waals surface area contributed by atoms with Gasteiger partial charge in [0, 0.05) is 23.1 Å². The lowest BCUT2D eigenvalue weighted by Gasteiger charge is -2.30. The van der Waals surface area contributed by atoms with Crippen molar-refractivity contribution in [2.24, 2.45) is 10.5 Å². The molecule has 0 aliphatic rings. The van der Waals surface area contributed by atoms with Gasteiger partial charge in [-0.1, -0.05) is 25.9 Å².